The zero-order valence-corrected chi connectivity index (χ0v) is 13.7. The average Bonchev–Trinajstić information content (AvgIpc) is 3.33. The molecule has 2 fully saturated rings. The lowest BCUT2D eigenvalue weighted by molar-refractivity contribution is -0.0542. The molecule has 1 N–H and O–H groups in total. The summed E-state index contributed by atoms with van der Waals surface area (Å²) in [6.07, 6.45) is 20.0. The van der Waals surface area contributed by atoms with Crippen LogP contribution >= 0.6 is 0 Å². The highest BCUT2D eigenvalue weighted by atomic mass is 17.0. The fourth-order valence-electron chi connectivity index (χ4n) is 3.14. The molecule has 2 rings (SSSR count). The Morgan fingerprint density at radius 2 is 0.905 bits per heavy atom. The summed E-state index contributed by atoms with van der Waals surface area (Å²) in [5, 5.41) is 8.69. The molecule has 21 heavy (non-hydrogen) atoms. The van der Waals surface area contributed by atoms with Crippen molar-refractivity contribution in [3.05, 3.63) is 0 Å². The van der Waals surface area contributed by atoms with Gasteiger partial charge in [-0.05, 0) is 12.8 Å². The van der Waals surface area contributed by atoms with Crippen LogP contribution in [-0.4, -0.2) is 23.8 Å². The number of ether oxygens (including phenoxy) is 2. The second-order valence-corrected chi connectivity index (χ2v) is 6.80. The Morgan fingerprint density at radius 1 is 0.571 bits per heavy atom. The first-order valence-corrected chi connectivity index (χ1v) is 9.34. The van der Waals surface area contributed by atoms with Crippen LogP contribution in [0.25, 0.3) is 0 Å². The van der Waals surface area contributed by atoms with Crippen molar-refractivity contribution in [1.29, 1.82) is 0 Å². The van der Waals surface area contributed by atoms with Gasteiger partial charge in [-0.15, -0.1) is 0 Å². The highest BCUT2D eigenvalue weighted by molar-refractivity contribution is 5.02. The van der Waals surface area contributed by atoms with E-state index in [2.05, 4.69) is 0 Å². The van der Waals surface area contributed by atoms with Gasteiger partial charge in [-0.3, -0.25) is 0 Å². The van der Waals surface area contributed by atoms with Crippen molar-refractivity contribution in [1.82, 2.24) is 0 Å². The van der Waals surface area contributed by atoms with E-state index in [4.69, 9.17) is 14.6 Å². The first-order chi connectivity index (χ1) is 10.4. The van der Waals surface area contributed by atoms with Crippen molar-refractivity contribution in [3.63, 3.8) is 0 Å². The number of aliphatic hydroxyl groups is 1. The van der Waals surface area contributed by atoms with E-state index in [0.29, 0.717) is 6.61 Å². The topological polar surface area (TPSA) is 45.3 Å². The minimum Gasteiger partial charge on any atom is -0.396 e. The molecule has 2 aliphatic heterocycles. The van der Waals surface area contributed by atoms with Gasteiger partial charge in [0.1, 0.15) is 0 Å². The third kappa shape index (κ3) is 7.12. The predicted octanol–water partition coefficient (Wildman–Crippen LogP) is 4.91. The first-order valence-electron chi connectivity index (χ1n) is 9.34. The summed E-state index contributed by atoms with van der Waals surface area (Å²) in [7, 11) is 0. The Hall–Kier alpha value is -0.120. The maximum atomic E-state index is 8.69. The monoisotopic (exact) mass is 298 g/mol. The lowest BCUT2D eigenvalue weighted by atomic mass is 10.0. The molecule has 2 heterocycles. The van der Waals surface area contributed by atoms with Crippen LogP contribution in [0, 0.1) is 0 Å². The number of unbranched alkanes of at least 4 members (excludes halogenated alkanes) is 13. The van der Waals surface area contributed by atoms with Gasteiger partial charge >= 0.3 is 0 Å². The Kier molecular flexibility index (Phi) is 8.05. The predicted molar refractivity (Wildman–Crippen MR) is 85.0 cm³/mol. The van der Waals surface area contributed by atoms with Crippen molar-refractivity contribution < 1.29 is 14.6 Å². The van der Waals surface area contributed by atoms with Crippen LogP contribution in [0.3, 0.4) is 0 Å². The maximum absolute atomic E-state index is 8.69. The molecule has 0 saturated carbocycles. The first kappa shape index (κ1) is 17.2. The number of hydrogen-bond donors (Lipinski definition) is 1. The van der Waals surface area contributed by atoms with E-state index < -0.39 is 0 Å². The summed E-state index contributed by atoms with van der Waals surface area (Å²) in [5.41, 5.74) is 0. The number of hydrogen-bond acceptors (Lipinski definition) is 3. The molecule has 0 spiro atoms. The quantitative estimate of drug-likeness (QED) is 0.325. The SMILES string of the molecule is OCCCCCCCCCCCCCCCCC12OC1O2. The smallest absolute Gasteiger partial charge is 0.225 e. The zero-order chi connectivity index (χ0) is 14.8. The van der Waals surface area contributed by atoms with E-state index in [1.807, 2.05) is 0 Å². The molecule has 3 heteroatoms. The molecule has 2 aliphatic rings. The fourth-order valence-corrected chi connectivity index (χ4v) is 3.14. The molecule has 0 aliphatic carbocycles. The van der Waals surface area contributed by atoms with E-state index in [0.717, 1.165) is 12.8 Å². The van der Waals surface area contributed by atoms with E-state index >= 15 is 0 Å². The molecule has 0 unspecified atom stereocenters. The third-order valence-corrected chi connectivity index (χ3v) is 4.79. The van der Waals surface area contributed by atoms with E-state index in [9.17, 15) is 0 Å². The van der Waals surface area contributed by atoms with E-state index in [1.54, 1.807) is 0 Å². The van der Waals surface area contributed by atoms with Crippen LogP contribution in [0.5, 0.6) is 0 Å². The Morgan fingerprint density at radius 3 is 1.24 bits per heavy atom. The largest absolute Gasteiger partial charge is 0.396 e. The van der Waals surface area contributed by atoms with Crippen molar-refractivity contribution in [2.75, 3.05) is 6.61 Å². The fraction of sp³-hybridized carbons (Fsp3) is 1.00. The van der Waals surface area contributed by atoms with Crippen LogP contribution in [0.1, 0.15) is 96.3 Å². The lowest BCUT2D eigenvalue weighted by Crippen LogP contribution is -1.97. The number of aliphatic hydroxyl groups excluding tert-OH is 1. The summed E-state index contributed by atoms with van der Waals surface area (Å²) < 4.78 is 10.6. The van der Waals surface area contributed by atoms with Gasteiger partial charge in [0.25, 0.3) is 0 Å². The summed E-state index contributed by atoms with van der Waals surface area (Å²) in [5.74, 6) is -0.0574. The zero-order valence-electron chi connectivity index (χ0n) is 13.7. The van der Waals surface area contributed by atoms with Crippen LogP contribution in [0.2, 0.25) is 0 Å². The van der Waals surface area contributed by atoms with Crippen LogP contribution in [0.15, 0.2) is 0 Å². The second kappa shape index (κ2) is 9.81. The number of epoxide rings is 2. The maximum Gasteiger partial charge on any atom is 0.225 e. The minimum absolute atomic E-state index is 0.0574. The number of rotatable bonds is 16. The molecule has 0 aromatic rings. The van der Waals surface area contributed by atoms with E-state index in [-0.39, 0.29) is 12.1 Å². The van der Waals surface area contributed by atoms with Gasteiger partial charge in [0.2, 0.25) is 12.1 Å². The molecule has 0 bridgehead atoms. The van der Waals surface area contributed by atoms with Crippen LogP contribution < -0.4 is 0 Å². The number of fused-ring (bicyclic) bond motifs is 1. The van der Waals surface area contributed by atoms with Gasteiger partial charge in [0.05, 0.1) is 0 Å². The van der Waals surface area contributed by atoms with Gasteiger partial charge in [0, 0.05) is 13.0 Å². The molecule has 2 saturated heterocycles. The summed E-state index contributed by atoms with van der Waals surface area (Å²) in [6.45, 7) is 0.364. The lowest BCUT2D eigenvalue weighted by Gasteiger charge is -2.03. The molecule has 124 valence electrons. The second-order valence-electron chi connectivity index (χ2n) is 6.80. The molecule has 0 aromatic carbocycles. The van der Waals surface area contributed by atoms with Gasteiger partial charge in [-0.2, -0.15) is 0 Å². The van der Waals surface area contributed by atoms with Gasteiger partial charge in [-0.1, -0.05) is 77.0 Å². The summed E-state index contributed by atoms with van der Waals surface area (Å²) in [6, 6.07) is 0. The highest BCUT2D eigenvalue weighted by Crippen LogP contribution is 2.59. The summed E-state index contributed by atoms with van der Waals surface area (Å²) in [4.78, 5) is 0. The van der Waals surface area contributed by atoms with Crippen molar-refractivity contribution in [2.24, 2.45) is 0 Å². The molecule has 3 nitrogen and oxygen atoms in total. The highest BCUT2D eigenvalue weighted by Gasteiger charge is 2.76. The Bertz CT molecular complexity index is 261. The van der Waals surface area contributed by atoms with E-state index in [1.165, 1.54) is 83.5 Å². The Balaban J connectivity index is 1.18. The van der Waals surface area contributed by atoms with Crippen LogP contribution in [0.4, 0.5) is 0 Å². The molecular formula is C18H34O3. The molecule has 0 radical (unpaired) electrons. The molecule has 0 amide bonds. The summed E-state index contributed by atoms with van der Waals surface area (Å²) >= 11 is 0. The molecule has 0 atom stereocenters. The standard InChI is InChI=1S/C18H34O3/c19-16-14-12-10-8-6-4-2-1-3-5-7-9-11-13-15-18-17(20-18)21-18/h17,19H,1-16H2. The van der Waals surface area contributed by atoms with Crippen molar-refractivity contribution >= 4 is 0 Å². The Labute approximate surface area is 130 Å². The minimum atomic E-state index is -0.0574. The normalized spacial score (nSPS) is 25.9. The average molecular weight is 298 g/mol. The molecular weight excluding hydrogens is 264 g/mol. The van der Waals surface area contributed by atoms with Gasteiger partial charge < -0.3 is 14.6 Å². The van der Waals surface area contributed by atoms with Crippen molar-refractivity contribution in [2.45, 2.75) is 108 Å². The van der Waals surface area contributed by atoms with Gasteiger partial charge in [-0.25, -0.2) is 0 Å². The van der Waals surface area contributed by atoms with Gasteiger partial charge in [0.15, 0.2) is 0 Å². The molecule has 0 aromatic heterocycles. The third-order valence-electron chi connectivity index (χ3n) is 4.79. The van der Waals surface area contributed by atoms with Crippen LogP contribution in [-0.2, 0) is 9.47 Å². The van der Waals surface area contributed by atoms with Crippen molar-refractivity contribution in [3.8, 4) is 0 Å².